The summed E-state index contributed by atoms with van der Waals surface area (Å²) in [6.07, 6.45) is 3.25. The van der Waals surface area contributed by atoms with Gasteiger partial charge in [-0.3, -0.25) is 4.79 Å². The van der Waals surface area contributed by atoms with E-state index in [1.165, 1.54) is 24.0 Å². The van der Waals surface area contributed by atoms with Gasteiger partial charge in [0.15, 0.2) is 0 Å². The molecule has 1 aromatic carbocycles. The number of fused-ring (bicyclic) bond motifs is 1. The van der Waals surface area contributed by atoms with E-state index in [9.17, 15) is 4.79 Å². The number of aromatic amines is 1. The Morgan fingerprint density at radius 3 is 2.74 bits per heavy atom. The van der Waals surface area contributed by atoms with Gasteiger partial charge in [-0.1, -0.05) is 12.8 Å². The molecule has 2 aromatic rings. The topological polar surface area (TPSA) is 71.8 Å². The van der Waals surface area contributed by atoms with Crippen LogP contribution in [0.1, 0.15) is 42.1 Å². The Bertz CT molecular complexity index is 601. The van der Waals surface area contributed by atoms with E-state index in [1.54, 1.807) is 0 Å². The van der Waals surface area contributed by atoms with Crippen LogP contribution in [0.4, 0.5) is 0 Å². The van der Waals surface area contributed by atoms with Gasteiger partial charge in [0, 0.05) is 0 Å². The molecule has 4 heteroatoms. The van der Waals surface area contributed by atoms with Gasteiger partial charge in [0.05, 0.1) is 17.0 Å². The maximum Gasteiger partial charge on any atom is 0.228 e. The molecule has 19 heavy (non-hydrogen) atoms. The summed E-state index contributed by atoms with van der Waals surface area (Å²) in [5.74, 6) is 0.813. The molecule has 1 saturated carbocycles. The van der Waals surface area contributed by atoms with Gasteiger partial charge in [-0.05, 0) is 49.4 Å². The Morgan fingerprint density at radius 2 is 2.11 bits per heavy atom. The molecule has 3 rings (SSSR count). The van der Waals surface area contributed by atoms with Crippen LogP contribution in [0.15, 0.2) is 12.1 Å². The zero-order chi connectivity index (χ0) is 13.6. The van der Waals surface area contributed by atoms with Gasteiger partial charge < -0.3 is 10.7 Å². The summed E-state index contributed by atoms with van der Waals surface area (Å²) in [5.41, 5.74) is 9.86. The molecule has 1 atom stereocenters. The predicted molar refractivity (Wildman–Crippen MR) is 74.8 cm³/mol. The molecule has 3 N–H and O–H groups in total. The van der Waals surface area contributed by atoms with Crippen LogP contribution >= 0.6 is 0 Å². The van der Waals surface area contributed by atoms with Crippen molar-refractivity contribution in [3.8, 4) is 0 Å². The Labute approximate surface area is 112 Å². The molecule has 0 saturated heterocycles. The Kier molecular flexibility index (Phi) is 2.81. The number of primary amides is 1. The quantitative estimate of drug-likeness (QED) is 0.883. The third kappa shape index (κ3) is 2.35. The number of carbonyl (C=O) groups excluding carboxylic acids is 1. The summed E-state index contributed by atoms with van der Waals surface area (Å²) in [6, 6.07) is 4.14. The van der Waals surface area contributed by atoms with Crippen molar-refractivity contribution < 1.29 is 4.79 Å². The Hall–Kier alpha value is -1.84. The average molecular weight is 257 g/mol. The first kappa shape index (κ1) is 12.2. The number of H-pyrrole nitrogens is 1. The summed E-state index contributed by atoms with van der Waals surface area (Å²) in [6.45, 7) is 4.14. The molecular formula is C15H19N3O. The standard InChI is InChI=1S/C15H19N3O/c1-8-5-12-13(6-9(8)2)18-15(17-12)11(14(16)19)7-10-3-4-10/h5-6,10-11H,3-4,7H2,1-2H3,(H2,16,19)(H,17,18). The second kappa shape index (κ2) is 4.37. The van der Waals surface area contributed by atoms with E-state index in [0.29, 0.717) is 5.92 Å². The maximum atomic E-state index is 11.6. The number of aromatic nitrogens is 2. The molecule has 0 aliphatic heterocycles. The van der Waals surface area contributed by atoms with Crippen molar-refractivity contribution in [1.29, 1.82) is 0 Å². The number of nitrogens with one attached hydrogen (secondary N) is 1. The van der Waals surface area contributed by atoms with Gasteiger partial charge >= 0.3 is 0 Å². The van der Waals surface area contributed by atoms with E-state index in [-0.39, 0.29) is 11.8 Å². The summed E-state index contributed by atoms with van der Waals surface area (Å²) >= 11 is 0. The fourth-order valence-corrected chi connectivity index (χ4v) is 2.50. The number of amides is 1. The van der Waals surface area contributed by atoms with Crippen molar-refractivity contribution in [2.45, 2.75) is 39.0 Å². The predicted octanol–water partition coefficient (Wildman–Crippen LogP) is 2.55. The molecule has 1 aliphatic carbocycles. The molecule has 1 unspecified atom stereocenters. The van der Waals surface area contributed by atoms with E-state index < -0.39 is 0 Å². The van der Waals surface area contributed by atoms with E-state index in [0.717, 1.165) is 23.3 Å². The van der Waals surface area contributed by atoms with Crippen LogP contribution in [0, 0.1) is 19.8 Å². The number of imidazole rings is 1. The Balaban J connectivity index is 2.00. The number of nitrogens with two attached hydrogens (primary N) is 1. The van der Waals surface area contributed by atoms with Crippen molar-refractivity contribution in [3.05, 3.63) is 29.1 Å². The highest BCUT2D eigenvalue weighted by atomic mass is 16.1. The molecule has 0 radical (unpaired) electrons. The molecular weight excluding hydrogens is 238 g/mol. The highest BCUT2D eigenvalue weighted by Crippen LogP contribution is 2.38. The normalized spacial score (nSPS) is 16.7. The van der Waals surface area contributed by atoms with Crippen LogP contribution in [0.2, 0.25) is 0 Å². The molecule has 1 aliphatic rings. The largest absolute Gasteiger partial charge is 0.369 e. The number of nitrogens with zero attached hydrogens (tertiary/aromatic N) is 1. The molecule has 1 amide bonds. The second-order valence-corrected chi connectivity index (χ2v) is 5.71. The van der Waals surface area contributed by atoms with Gasteiger partial charge in [-0.15, -0.1) is 0 Å². The number of hydrogen-bond acceptors (Lipinski definition) is 2. The smallest absolute Gasteiger partial charge is 0.228 e. The minimum absolute atomic E-state index is 0.277. The molecule has 1 heterocycles. The lowest BCUT2D eigenvalue weighted by molar-refractivity contribution is -0.119. The summed E-state index contributed by atoms with van der Waals surface area (Å²) < 4.78 is 0. The molecule has 0 spiro atoms. The number of aryl methyl sites for hydroxylation is 2. The van der Waals surface area contributed by atoms with E-state index in [1.807, 2.05) is 0 Å². The number of hydrogen-bond donors (Lipinski definition) is 2. The van der Waals surface area contributed by atoms with Crippen LogP contribution in [-0.2, 0) is 4.79 Å². The highest BCUT2D eigenvalue weighted by molar-refractivity contribution is 5.83. The van der Waals surface area contributed by atoms with Crippen LogP contribution in [0.3, 0.4) is 0 Å². The van der Waals surface area contributed by atoms with Crippen molar-refractivity contribution in [3.63, 3.8) is 0 Å². The van der Waals surface area contributed by atoms with Gasteiger partial charge in [0.1, 0.15) is 5.82 Å². The third-order valence-electron chi connectivity index (χ3n) is 4.06. The molecule has 100 valence electrons. The summed E-state index contributed by atoms with van der Waals surface area (Å²) in [5, 5.41) is 0. The molecule has 1 aromatic heterocycles. The fourth-order valence-electron chi connectivity index (χ4n) is 2.50. The minimum atomic E-state index is -0.278. The first-order valence-electron chi connectivity index (χ1n) is 6.81. The average Bonchev–Trinajstić information content (AvgIpc) is 3.08. The van der Waals surface area contributed by atoms with Gasteiger partial charge in [-0.25, -0.2) is 4.98 Å². The van der Waals surface area contributed by atoms with Crippen LogP contribution in [-0.4, -0.2) is 15.9 Å². The molecule has 4 nitrogen and oxygen atoms in total. The monoisotopic (exact) mass is 257 g/mol. The Morgan fingerprint density at radius 1 is 1.42 bits per heavy atom. The van der Waals surface area contributed by atoms with Gasteiger partial charge in [0.2, 0.25) is 5.91 Å². The van der Waals surface area contributed by atoms with Crippen molar-refractivity contribution in [2.24, 2.45) is 11.7 Å². The van der Waals surface area contributed by atoms with Crippen molar-refractivity contribution >= 4 is 16.9 Å². The minimum Gasteiger partial charge on any atom is -0.369 e. The van der Waals surface area contributed by atoms with Crippen LogP contribution in [0.5, 0.6) is 0 Å². The summed E-state index contributed by atoms with van der Waals surface area (Å²) in [4.78, 5) is 19.5. The lowest BCUT2D eigenvalue weighted by atomic mass is 10.0. The third-order valence-corrected chi connectivity index (χ3v) is 4.06. The van der Waals surface area contributed by atoms with Crippen LogP contribution in [0.25, 0.3) is 11.0 Å². The number of rotatable bonds is 4. The van der Waals surface area contributed by atoms with Gasteiger partial charge in [0.25, 0.3) is 0 Å². The number of carbonyl (C=O) groups is 1. The van der Waals surface area contributed by atoms with Gasteiger partial charge in [-0.2, -0.15) is 0 Å². The van der Waals surface area contributed by atoms with E-state index >= 15 is 0 Å². The second-order valence-electron chi connectivity index (χ2n) is 5.71. The van der Waals surface area contributed by atoms with E-state index in [4.69, 9.17) is 5.73 Å². The van der Waals surface area contributed by atoms with E-state index in [2.05, 4.69) is 35.9 Å². The summed E-state index contributed by atoms with van der Waals surface area (Å²) in [7, 11) is 0. The highest BCUT2D eigenvalue weighted by Gasteiger charge is 2.31. The first-order valence-corrected chi connectivity index (χ1v) is 6.81. The van der Waals surface area contributed by atoms with Crippen molar-refractivity contribution in [2.75, 3.05) is 0 Å². The lowest BCUT2D eigenvalue weighted by Crippen LogP contribution is -2.22. The fraction of sp³-hybridized carbons (Fsp3) is 0.467. The molecule has 0 bridgehead atoms. The maximum absolute atomic E-state index is 11.6. The molecule has 1 fully saturated rings. The van der Waals surface area contributed by atoms with Crippen LogP contribution < -0.4 is 5.73 Å². The van der Waals surface area contributed by atoms with Crippen molar-refractivity contribution in [1.82, 2.24) is 9.97 Å². The first-order chi connectivity index (χ1) is 9.04. The lowest BCUT2D eigenvalue weighted by Gasteiger charge is -2.09. The zero-order valence-electron chi connectivity index (χ0n) is 11.4. The SMILES string of the molecule is Cc1cc2nc(C(CC3CC3)C(N)=O)[nH]c2cc1C. The zero-order valence-corrected chi connectivity index (χ0v) is 11.4. The number of benzene rings is 1.